The summed E-state index contributed by atoms with van der Waals surface area (Å²) in [7, 11) is 0. The maximum atomic E-state index is 3.70. The lowest BCUT2D eigenvalue weighted by Crippen LogP contribution is -2.43. The number of benzene rings is 1. The average molecular weight is 242 g/mol. The van der Waals surface area contributed by atoms with E-state index in [1.807, 2.05) is 0 Å². The van der Waals surface area contributed by atoms with Gasteiger partial charge in [-0.2, -0.15) is 0 Å². The van der Waals surface area contributed by atoms with Gasteiger partial charge in [0, 0.05) is 12.1 Å². The minimum atomic E-state index is 0. The summed E-state index contributed by atoms with van der Waals surface area (Å²) in [4.78, 5) is 0. The molecule has 0 amide bonds. The first-order chi connectivity index (χ1) is 7.26. The number of rotatable bonds is 6. The van der Waals surface area contributed by atoms with Gasteiger partial charge >= 0.3 is 0 Å². The topological polar surface area (TPSA) is 12.0 Å². The normalized spacial score (nSPS) is 10.9. The largest absolute Gasteiger partial charge is 0.307 e. The van der Waals surface area contributed by atoms with Crippen molar-refractivity contribution in [3.63, 3.8) is 0 Å². The van der Waals surface area contributed by atoms with Gasteiger partial charge in [-0.3, -0.25) is 0 Å². The molecule has 0 saturated heterocycles. The van der Waals surface area contributed by atoms with Crippen molar-refractivity contribution in [1.82, 2.24) is 5.32 Å². The summed E-state index contributed by atoms with van der Waals surface area (Å²) in [5.74, 6) is 0. The molecule has 0 aliphatic heterocycles. The van der Waals surface area contributed by atoms with E-state index in [-0.39, 0.29) is 12.4 Å². The maximum Gasteiger partial charge on any atom is 0.0210 e. The van der Waals surface area contributed by atoms with Gasteiger partial charge in [0.1, 0.15) is 0 Å². The maximum absolute atomic E-state index is 3.70. The van der Waals surface area contributed by atoms with E-state index in [4.69, 9.17) is 0 Å². The Balaban J connectivity index is 0.00000225. The molecule has 1 N–H and O–H groups in total. The van der Waals surface area contributed by atoms with Crippen LogP contribution >= 0.6 is 12.4 Å². The van der Waals surface area contributed by atoms with Crippen molar-refractivity contribution in [1.29, 1.82) is 0 Å². The van der Waals surface area contributed by atoms with Crippen LogP contribution < -0.4 is 5.32 Å². The summed E-state index contributed by atoms with van der Waals surface area (Å²) in [5.41, 5.74) is 1.70. The molecule has 0 heterocycles. The molecule has 16 heavy (non-hydrogen) atoms. The Morgan fingerprint density at radius 1 is 0.938 bits per heavy atom. The zero-order chi connectivity index (χ0) is 11.1. The molecule has 1 aromatic carbocycles. The molecule has 0 aliphatic carbocycles. The smallest absolute Gasteiger partial charge is 0.0210 e. The molecule has 0 aromatic heterocycles. The highest BCUT2D eigenvalue weighted by atomic mass is 35.5. The Morgan fingerprint density at radius 3 is 1.88 bits per heavy atom. The molecular formula is C14H24ClN. The van der Waals surface area contributed by atoms with E-state index >= 15 is 0 Å². The van der Waals surface area contributed by atoms with E-state index in [1.54, 1.807) is 0 Å². The fraction of sp³-hybridized carbons (Fsp3) is 0.571. The van der Waals surface area contributed by atoms with Crippen LogP contribution in [-0.4, -0.2) is 5.54 Å². The molecule has 1 nitrogen and oxygen atoms in total. The van der Waals surface area contributed by atoms with E-state index in [1.165, 1.54) is 24.8 Å². The Kier molecular flexibility index (Phi) is 7.44. The minimum absolute atomic E-state index is 0. The van der Waals surface area contributed by atoms with Crippen LogP contribution in [0.25, 0.3) is 0 Å². The van der Waals surface area contributed by atoms with Gasteiger partial charge in [0.15, 0.2) is 0 Å². The van der Waals surface area contributed by atoms with Crippen molar-refractivity contribution in [2.45, 2.75) is 52.1 Å². The molecule has 0 spiro atoms. The second-order valence-electron chi connectivity index (χ2n) is 4.18. The second-order valence-corrected chi connectivity index (χ2v) is 4.18. The molecule has 0 unspecified atom stereocenters. The highest BCUT2D eigenvalue weighted by Gasteiger charge is 2.22. The van der Waals surface area contributed by atoms with Crippen LogP contribution in [0.5, 0.6) is 0 Å². The van der Waals surface area contributed by atoms with Crippen molar-refractivity contribution in [3.05, 3.63) is 35.9 Å². The molecule has 92 valence electrons. The lowest BCUT2D eigenvalue weighted by atomic mass is 9.89. The number of halogens is 1. The van der Waals surface area contributed by atoms with E-state index in [2.05, 4.69) is 56.4 Å². The fourth-order valence-electron chi connectivity index (χ4n) is 2.01. The number of hydrogen-bond donors (Lipinski definition) is 1. The van der Waals surface area contributed by atoms with Crippen molar-refractivity contribution in [2.24, 2.45) is 0 Å². The lowest BCUT2D eigenvalue weighted by Gasteiger charge is -2.32. The monoisotopic (exact) mass is 241 g/mol. The van der Waals surface area contributed by atoms with Crippen LogP contribution in [0.3, 0.4) is 0 Å². The lowest BCUT2D eigenvalue weighted by molar-refractivity contribution is 0.288. The van der Waals surface area contributed by atoms with Crippen LogP contribution in [-0.2, 0) is 6.54 Å². The van der Waals surface area contributed by atoms with E-state index in [0.717, 1.165) is 6.54 Å². The molecule has 0 bridgehead atoms. The predicted octanol–water partition coefficient (Wildman–Crippen LogP) is 4.17. The zero-order valence-electron chi connectivity index (χ0n) is 10.6. The van der Waals surface area contributed by atoms with Crippen LogP contribution in [0.15, 0.2) is 30.3 Å². The molecular weight excluding hydrogens is 218 g/mol. The van der Waals surface area contributed by atoms with Gasteiger partial charge in [0.2, 0.25) is 0 Å². The van der Waals surface area contributed by atoms with Gasteiger partial charge in [-0.25, -0.2) is 0 Å². The van der Waals surface area contributed by atoms with Crippen LogP contribution in [0.4, 0.5) is 0 Å². The van der Waals surface area contributed by atoms with Crippen molar-refractivity contribution < 1.29 is 0 Å². The summed E-state index contributed by atoms with van der Waals surface area (Å²) < 4.78 is 0. The first-order valence-corrected chi connectivity index (χ1v) is 6.05. The third-order valence-electron chi connectivity index (χ3n) is 3.54. The summed E-state index contributed by atoms with van der Waals surface area (Å²) in [6.07, 6.45) is 3.60. The van der Waals surface area contributed by atoms with Crippen molar-refractivity contribution in [3.8, 4) is 0 Å². The van der Waals surface area contributed by atoms with Gasteiger partial charge in [-0.15, -0.1) is 12.4 Å². The third-order valence-corrected chi connectivity index (χ3v) is 3.54. The Bertz CT molecular complexity index is 259. The molecule has 0 aliphatic rings. The molecule has 2 heteroatoms. The second kappa shape index (κ2) is 7.70. The van der Waals surface area contributed by atoms with E-state index < -0.39 is 0 Å². The van der Waals surface area contributed by atoms with Crippen LogP contribution in [0.2, 0.25) is 0 Å². The Hall–Kier alpha value is -0.530. The molecule has 1 rings (SSSR count). The van der Waals surface area contributed by atoms with Crippen molar-refractivity contribution >= 4 is 12.4 Å². The highest BCUT2D eigenvalue weighted by molar-refractivity contribution is 5.85. The van der Waals surface area contributed by atoms with Gasteiger partial charge in [0.05, 0.1) is 0 Å². The third kappa shape index (κ3) is 4.15. The van der Waals surface area contributed by atoms with Gasteiger partial charge in [-0.1, -0.05) is 51.1 Å². The van der Waals surface area contributed by atoms with E-state index in [9.17, 15) is 0 Å². The van der Waals surface area contributed by atoms with Crippen molar-refractivity contribution in [2.75, 3.05) is 0 Å². The molecule has 1 aromatic rings. The first kappa shape index (κ1) is 15.5. The summed E-state index contributed by atoms with van der Waals surface area (Å²) in [6.45, 7) is 7.79. The van der Waals surface area contributed by atoms with E-state index in [0.29, 0.717) is 5.54 Å². The molecule has 0 atom stereocenters. The SMILES string of the molecule is CCC(CC)(CC)NCc1ccccc1.Cl. The highest BCUT2D eigenvalue weighted by Crippen LogP contribution is 2.19. The Labute approximate surface area is 106 Å². The first-order valence-electron chi connectivity index (χ1n) is 6.05. The van der Waals surface area contributed by atoms with Gasteiger partial charge in [-0.05, 0) is 24.8 Å². The molecule has 0 radical (unpaired) electrons. The zero-order valence-corrected chi connectivity index (χ0v) is 11.4. The summed E-state index contributed by atoms with van der Waals surface area (Å²) >= 11 is 0. The predicted molar refractivity (Wildman–Crippen MR) is 74.1 cm³/mol. The Morgan fingerprint density at radius 2 is 1.44 bits per heavy atom. The van der Waals surface area contributed by atoms with Gasteiger partial charge < -0.3 is 5.32 Å². The fourth-order valence-corrected chi connectivity index (χ4v) is 2.01. The number of hydrogen-bond acceptors (Lipinski definition) is 1. The molecule has 0 saturated carbocycles. The van der Waals surface area contributed by atoms with Gasteiger partial charge in [0.25, 0.3) is 0 Å². The quantitative estimate of drug-likeness (QED) is 0.789. The minimum Gasteiger partial charge on any atom is -0.307 e. The number of nitrogens with one attached hydrogen (secondary N) is 1. The summed E-state index contributed by atoms with van der Waals surface area (Å²) in [5, 5.41) is 3.70. The van der Waals surface area contributed by atoms with Crippen LogP contribution in [0, 0.1) is 0 Å². The molecule has 0 fully saturated rings. The summed E-state index contributed by atoms with van der Waals surface area (Å²) in [6, 6.07) is 10.6. The van der Waals surface area contributed by atoms with Crippen LogP contribution in [0.1, 0.15) is 45.6 Å². The average Bonchev–Trinajstić information content (AvgIpc) is 2.33. The standard InChI is InChI=1S/C14H23N.ClH/c1-4-14(5-2,6-3)15-12-13-10-8-7-9-11-13;/h7-11,15H,4-6,12H2,1-3H3;1H.